The molecule has 0 radical (unpaired) electrons. The second-order valence-electron chi connectivity index (χ2n) is 5.61. The molecule has 0 spiro atoms. The maximum absolute atomic E-state index is 11.6. The molecule has 3 rings (SSSR count). The maximum atomic E-state index is 11.6. The first kappa shape index (κ1) is 20.3. The first-order valence-electron chi connectivity index (χ1n) is 8.32. The van der Waals surface area contributed by atoms with E-state index in [9.17, 15) is 9.90 Å². The topological polar surface area (TPSA) is 99.6 Å². The van der Waals surface area contributed by atoms with Crippen LogP contribution in [-0.2, 0) is 4.79 Å². The fourth-order valence-electron chi connectivity index (χ4n) is 2.63. The van der Waals surface area contributed by atoms with Crippen molar-refractivity contribution in [3.63, 3.8) is 0 Å². The molecular formula is C18H18BrN3O5S. The van der Waals surface area contributed by atoms with Crippen LogP contribution in [0.1, 0.15) is 13.3 Å². The molecule has 1 N–H and O–H groups in total. The molecule has 3 aromatic rings. The molecule has 0 aliphatic carbocycles. The molecule has 8 nitrogen and oxygen atoms in total. The van der Waals surface area contributed by atoms with Gasteiger partial charge in [0.1, 0.15) is 22.4 Å². The van der Waals surface area contributed by atoms with E-state index in [-0.39, 0.29) is 0 Å². The van der Waals surface area contributed by atoms with E-state index >= 15 is 0 Å². The average Bonchev–Trinajstić information content (AvgIpc) is 3.30. The third-order valence-electron chi connectivity index (χ3n) is 3.95. The average molecular weight is 468 g/mol. The molecule has 0 fully saturated rings. The van der Waals surface area contributed by atoms with Crippen LogP contribution < -0.4 is 9.47 Å². The van der Waals surface area contributed by atoms with Gasteiger partial charge in [-0.2, -0.15) is 0 Å². The van der Waals surface area contributed by atoms with E-state index in [0.29, 0.717) is 45.0 Å². The number of para-hydroxylation sites is 1. The summed E-state index contributed by atoms with van der Waals surface area (Å²) >= 11 is 4.39. The highest BCUT2D eigenvalue weighted by molar-refractivity contribution is 9.10. The Morgan fingerprint density at radius 1 is 1.25 bits per heavy atom. The summed E-state index contributed by atoms with van der Waals surface area (Å²) in [7, 11) is 3.09. The largest absolute Gasteiger partial charge is 0.494 e. The number of aliphatic carboxylic acids is 1. The van der Waals surface area contributed by atoms with Crippen LogP contribution in [0.5, 0.6) is 11.5 Å². The van der Waals surface area contributed by atoms with Crippen molar-refractivity contribution in [2.45, 2.75) is 23.8 Å². The summed E-state index contributed by atoms with van der Waals surface area (Å²) in [5.74, 6) is 0.989. The number of furan rings is 1. The fourth-order valence-corrected chi connectivity index (χ4v) is 3.83. The van der Waals surface area contributed by atoms with Crippen LogP contribution in [0, 0.1) is 0 Å². The van der Waals surface area contributed by atoms with E-state index < -0.39 is 11.2 Å². The molecule has 2 aromatic heterocycles. The van der Waals surface area contributed by atoms with Gasteiger partial charge in [-0.3, -0.25) is 9.36 Å². The molecule has 2 heterocycles. The van der Waals surface area contributed by atoms with Crippen LogP contribution in [-0.4, -0.2) is 45.3 Å². The molecule has 0 aliphatic rings. The van der Waals surface area contributed by atoms with Crippen molar-refractivity contribution in [3.8, 4) is 28.8 Å². The van der Waals surface area contributed by atoms with Gasteiger partial charge < -0.3 is 19.0 Å². The van der Waals surface area contributed by atoms with E-state index in [0.717, 1.165) is 11.8 Å². The van der Waals surface area contributed by atoms with Crippen molar-refractivity contribution in [1.29, 1.82) is 0 Å². The monoisotopic (exact) mass is 467 g/mol. The second kappa shape index (κ2) is 8.70. The SMILES string of the molecule is CCC(Sc1nnc(-c2ccc(Br)o2)n1-c1c(OC)cccc1OC)C(=O)O. The van der Waals surface area contributed by atoms with E-state index in [1.165, 1.54) is 0 Å². The molecule has 28 heavy (non-hydrogen) atoms. The highest BCUT2D eigenvalue weighted by atomic mass is 79.9. The van der Waals surface area contributed by atoms with Gasteiger partial charge in [0.05, 0.1) is 14.2 Å². The van der Waals surface area contributed by atoms with Gasteiger partial charge in [-0.25, -0.2) is 0 Å². The molecule has 1 atom stereocenters. The van der Waals surface area contributed by atoms with Crippen molar-refractivity contribution >= 4 is 33.7 Å². The lowest BCUT2D eigenvalue weighted by Gasteiger charge is -2.17. The number of ether oxygens (including phenoxy) is 2. The Bertz CT molecular complexity index is 965. The van der Waals surface area contributed by atoms with E-state index in [1.54, 1.807) is 56.0 Å². The van der Waals surface area contributed by atoms with Crippen LogP contribution >= 0.6 is 27.7 Å². The summed E-state index contributed by atoms with van der Waals surface area (Å²) in [4.78, 5) is 11.6. The van der Waals surface area contributed by atoms with Crippen LogP contribution in [0.25, 0.3) is 17.3 Å². The highest BCUT2D eigenvalue weighted by Crippen LogP contribution is 2.39. The number of nitrogens with zero attached hydrogens (tertiary/aromatic N) is 3. The van der Waals surface area contributed by atoms with Crippen molar-refractivity contribution in [3.05, 3.63) is 35.0 Å². The van der Waals surface area contributed by atoms with Gasteiger partial charge in [0.2, 0.25) is 5.82 Å². The molecule has 0 bridgehead atoms. The summed E-state index contributed by atoms with van der Waals surface area (Å²) in [6.45, 7) is 1.81. The predicted molar refractivity (Wildman–Crippen MR) is 107 cm³/mol. The zero-order valence-electron chi connectivity index (χ0n) is 15.4. The Morgan fingerprint density at radius 3 is 2.43 bits per heavy atom. The van der Waals surface area contributed by atoms with Gasteiger partial charge in [-0.1, -0.05) is 24.8 Å². The first-order chi connectivity index (χ1) is 13.5. The van der Waals surface area contributed by atoms with Gasteiger partial charge in [0, 0.05) is 0 Å². The summed E-state index contributed by atoms with van der Waals surface area (Å²) in [6, 6.07) is 8.85. The standard InChI is InChI=1S/C18H18BrN3O5S/c1-4-13(17(23)24)28-18-21-20-16(12-8-9-14(19)27-12)22(18)15-10(25-2)6-5-7-11(15)26-3/h5-9,13H,4H2,1-3H3,(H,23,24). The number of carboxylic acids is 1. The maximum Gasteiger partial charge on any atom is 0.317 e. The number of aromatic nitrogens is 3. The van der Waals surface area contributed by atoms with Crippen molar-refractivity contribution in [1.82, 2.24) is 14.8 Å². The molecule has 10 heteroatoms. The molecule has 148 valence electrons. The number of hydrogen-bond donors (Lipinski definition) is 1. The number of benzene rings is 1. The highest BCUT2D eigenvalue weighted by Gasteiger charge is 2.27. The van der Waals surface area contributed by atoms with Crippen LogP contribution in [0.15, 0.2) is 44.6 Å². The summed E-state index contributed by atoms with van der Waals surface area (Å²) in [5.41, 5.74) is 0.558. The minimum absolute atomic E-state index is 0.388. The summed E-state index contributed by atoms with van der Waals surface area (Å²) < 4.78 is 18.9. The molecule has 0 saturated heterocycles. The lowest BCUT2D eigenvalue weighted by atomic mass is 10.2. The van der Waals surface area contributed by atoms with Gasteiger partial charge in [0.25, 0.3) is 0 Å². The van der Waals surface area contributed by atoms with Crippen LogP contribution in [0.3, 0.4) is 0 Å². The summed E-state index contributed by atoms with van der Waals surface area (Å²) in [5, 5.41) is 17.7. The third kappa shape index (κ3) is 3.88. The Morgan fingerprint density at radius 2 is 1.93 bits per heavy atom. The number of carboxylic acid groups (broad SMARTS) is 1. The number of thioether (sulfide) groups is 1. The van der Waals surface area contributed by atoms with Gasteiger partial charge in [0.15, 0.2) is 15.6 Å². The number of carbonyl (C=O) groups is 1. The molecular weight excluding hydrogens is 450 g/mol. The quantitative estimate of drug-likeness (QED) is 0.490. The molecule has 0 amide bonds. The van der Waals surface area contributed by atoms with E-state index in [2.05, 4.69) is 26.1 Å². The van der Waals surface area contributed by atoms with Crippen LogP contribution in [0.4, 0.5) is 0 Å². The van der Waals surface area contributed by atoms with E-state index in [4.69, 9.17) is 13.9 Å². The Kier molecular flexibility index (Phi) is 6.30. The second-order valence-corrected chi connectivity index (χ2v) is 7.56. The zero-order chi connectivity index (χ0) is 20.3. The Labute approximate surface area is 174 Å². The third-order valence-corrected chi connectivity index (χ3v) is 5.67. The lowest BCUT2D eigenvalue weighted by Crippen LogP contribution is -2.16. The van der Waals surface area contributed by atoms with Crippen molar-refractivity contribution in [2.24, 2.45) is 0 Å². The first-order valence-corrected chi connectivity index (χ1v) is 9.99. The zero-order valence-corrected chi connectivity index (χ0v) is 17.8. The number of rotatable bonds is 8. The minimum Gasteiger partial charge on any atom is -0.494 e. The lowest BCUT2D eigenvalue weighted by molar-refractivity contribution is -0.136. The molecule has 0 saturated carbocycles. The summed E-state index contributed by atoms with van der Waals surface area (Å²) in [6.07, 6.45) is 0.428. The number of halogens is 1. The molecule has 0 aliphatic heterocycles. The van der Waals surface area contributed by atoms with Gasteiger partial charge in [-0.15, -0.1) is 10.2 Å². The molecule has 1 aromatic carbocycles. The Hall–Kier alpha value is -2.46. The van der Waals surface area contributed by atoms with E-state index in [1.807, 2.05) is 0 Å². The number of methoxy groups -OCH3 is 2. The minimum atomic E-state index is -0.920. The van der Waals surface area contributed by atoms with Gasteiger partial charge >= 0.3 is 5.97 Å². The normalized spacial score (nSPS) is 12.0. The Balaban J connectivity index is 2.25. The van der Waals surface area contributed by atoms with Gasteiger partial charge in [-0.05, 0) is 46.6 Å². The fraction of sp³-hybridized carbons (Fsp3) is 0.278. The smallest absolute Gasteiger partial charge is 0.317 e. The van der Waals surface area contributed by atoms with Crippen molar-refractivity contribution < 1.29 is 23.8 Å². The van der Waals surface area contributed by atoms with Crippen LogP contribution in [0.2, 0.25) is 0 Å². The predicted octanol–water partition coefficient (Wildman–Crippen LogP) is 4.26. The number of hydrogen-bond acceptors (Lipinski definition) is 7. The van der Waals surface area contributed by atoms with Crippen molar-refractivity contribution in [2.75, 3.05) is 14.2 Å². The molecule has 1 unspecified atom stereocenters.